The summed E-state index contributed by atoms with van der Waals surface area (Å²) in [7, 11) is 1.53. The van der Waals surface area contributed by atoms with Crippen molar-refractivity contribution in [3.05, 3.63) is 64.2 Å². The number of carbonyl (C=O) groups excluding carboxylic acids is 1. The molecule has 6 nitrogen and oxygen atoms in total. The van der Waals surface area contributed by atoms with Crippen molar-refractivity contribution in [1.82, 2.24) is 14.9 Å². The normalized spacial score (nSPS) is 12.8. The van der Waals surface area contributed by atoms with Gasteiger partial charge in [0.2, 0.25) is 10.0 Å². The van der Waals surface area contributed by atoms with Crippen LogP contribution in [0.3, 0.4) is 0 Å². The Kier molecular flexibility index (Phi) is 7.00. The Morgan fingerprint density at radius 3 is 2.44 bits per heavy atom. The van der Waals surface area contributed by atoms with E-state index in [0.29, 0.717) is 22.7 Å². The van der Waals surface area contributed by atoms with Gasteiger partial charge in [0.25, 0.3) is 5.91 Å². The summed E-state index contributed by atoms with van der Waals surface area (Å²) in [5.74, 6) is -0.334. The summed E-state index contributed by atoms with van der Waals surface area (Å²) in [6.45, 7) is 2.10. The molecule has 0 heterocycles. The van der Waals surface area contributed by atoms with Crippen LogP contribution in [-0.4, -0.2) is 46.9 Å². The van der Waals surface area contributed by atoms with Crippen molar-refractivity contribution in [2.24, 2.45) is 0 Å². The van der Waals surface area contributed by atoms with Crippen LogP contribution in [0.2, 0.25) is 5.02 Å². The SMILES string of the molecule is CNS(=O)(=O)c1ccc(C)c(C(=O)NCC(c2ccccc2Cl)N(C)C)c1. The number of amides is 1. The van der Waals surface area contributed by atoms with Crippen LogP contribution in [-0.2, 0) is 10.0 Å². The lowest BCUT2D eigenvalue weighted by atomic mass is 10.0. The molecule has 1 unspecified atom stereocenters. The fourth-order valence-corrected chi connectivity index (χ4v) is 3.75. The lowest BCUT2D eigenvalue weighted by molar-refractivity contribution is 0.0941. The van der Waals surface area contributed by atoms with Gasteiger partial charge in [-0.25, -0.2) is 13.1 Å². The molecule has 1 amide bonds. The minimum absolute atomic E-state index is 0.0519. The minimum Gasteiger partial charge on any atom is -0.350 e. The van der Waals surface area contributed by atoms with Gasteiger partial charge in [-0.15, -0.1) is 0 Å². The Morgan fingerprint density at radius 2 is 1.85 bits per heavy atom. The largest absolute Gasteiger partial charge is 0.350 e. The second kappa shape index (κ2) is 8.84. The molecule has 0 radical (unpaired) electrons. The molecule has 0 spiro atoms. The Bertz CT molecular complexity index is 930. The molecule has 2 aromatic carbocycles. The van der Waals surface area contributed by atoms with Crippen molar-refractivity contribution in [3.63, 3.8) is 0 Å². The molecule has 8 heteroatoms. The number of nitrogens with one attached hydrogen (secondary N) is 2. The molecule has 1 atom stereocenters. The maximum atomic E-state index is 12.7. The number of rotatable bonds is 7. The molecule has 0 bridgehead atoms. The number of aryl methyl sites for hydroxylation is 1. The first-order valence-corrected chi connectivity index (χ1v) is 10.3. The summed E-state index contributed by atoms with van der Waals surface area (Å²) >= 11 is 6.29. The zero-order valence-electron chi connectivity index (χ0n) is 15.8. The van der Waals surface area contributed by atoms with E-state index >= 15 is 0 Å². The lowest BCUT2D eigenvalue weighted by Crippen LogP contribution is -2.35. The first-order valence-electron chi connectivity index (χ1n) is 8.40. The van der Waals surface area contributed by atoms with Crippen molar-refractivity contribution in [2.75, 3.05) is 27.7 Å². The predicted molar refractivity (Wildman–Crippen MR) is 108 cm³/mol. The highest BCUT2D eigenvalue weighted by Gasteiger charge is 2.20. The van der Waals surface area contributed by atoms with E-state index < -0.39 is 10.0 Å². The number of nitrogens with zero attached hydrogens (tertiary/aromatic N) is 1. The van der Waals surface area contributed by atoms with Crippen LogP contribution in [0.1, 0.15) is 27.5 Å². The van der Waals surface area contributed by atoms with Gasteiger partial charge in [-0.05, 0) is 57.4 Å². The van der Waals surface area contributed by atoms with E-state index in [0.717, 1.165) is 5.56 Å². The first kappa shape index (κ1) is 21.4. The zero-order chi connectivity index (χ0) is 20.2. The second-order valence-electron chi connectivity index (χ2n) is 6.40. The molecule has 2 rings (SSSR count). The fourth-order valence-electron chi connectivity index (χ4n) is 2.73. The van der Waals surface area contributed by atoms with Gasteiger partial charge in [0.05, 0.1) is 10.9 Å². The predicted octanol–water partition coefficient (Wildman–Crippen LogP) is 2.59. The highest BCUT2D eigenvalue weighted by atomic mass is 35.5. The van der Waals surface area contributed by atoms with E-state index in [4.69, 9.17) is 11.6 Å². The summed E-state index contributed by atoms with van der Waals surface area (Å²) in [5.41, 5.74) is 1.93. The van der Waals surface area contributed by atoms with Gasteiger partial charge in [0.15, 0.2) is 0 Å². The number of halogens is 1. The lowest BCUT2D eigenvalue weighted by Gasteiger charge is -2.26. The summed E-state index contributed by atoms with van der Waals surface area (Å²) in [6.07, 6.45) is 0. The van der Waals surface area contributed by atoms with Crippen molar-refractivity contribution < 1.29 is 13.2 Å². The van der Waals surface area contributed by atoms with E-state index in [1.54, 1.807) is 13.0 Å². The molecule has 27 heavy (non-hydrogen) atoms. The zero-order valence-corrected chi connectivity index (χ0v) is 17.4. The topological polar surface area (TPSA) is 78.5 Å². The van der Waals surface area contributed by atoms with Gasteiger partial charge in [0, 0.05) is 17.1 Å². The van der Waals surface area contributed by atoms with Crippen LogP contribution in [0.5, 0.6) is 0 Å². The maximum absolute atomic E-state index is 12.7. The second-order valence-corrected chi connectivity index (χ2v) is 8.69. The molecule has 0 saturated heterocycles. The number of carbonyl (C=O) groups is 1. The van der Waals surface area contributed by atoms with E-state index in [9.17, 15) is 13.2 Å². The summed E-state index contributed by atoms with van der Waals surface area (Å²) in [5, 5.41) is 3.52. The highest BCUT2D eigenvalue weighted by molar-refractivity contribution is 7.89. The number of sulfonamides is 1. The average Bonchev–Trinajstić information content (AvgIpc) is 2.63. The molecule has 2 N–H and O–H groups in total. The Morgan fingerprint density at radius 1 is 1.19 bits per heavy atom. The summed E-state index contributed by atoms with van der Waals surface area (Å²) in [6, 6.07) is 11.9. The number of benzene rings is 2. The molecule has 0 aromatic heterocycles. The van der Waals surface area contributed by atoms with Gasteiger partial charge in [0.1, 0.15) is 0 Å². The maximum Gasteiger partial charge on any atom is 0.251 e. The molecule has 2 aromatic rings. The molecular weight excluding hydrogens is 386 g/mol. The van der Waals surface area contributed by atoms with Crippen molar-refractivity contribution in [3.8, 4) is 0 Å². The van der Waals surface area contributed by atoms with E-state index in [2.05, 4.69) is 10.0 Å². The van der Waals surface area contributed by atoms with Crippen LogP contribution in [0.4, 0.5) is 0 Å². The van der Waals surface area contributed by atoms with E-state index in [1.807, 2.05) is 43.3 Å². The molecule has 146 valence electrons. The molecular formula is C19H24ClN3O3S. The van der Waals surface area contributed by atoms with Crippen molar-refractivity contribution in [1.29, 1.82) is 0 Å². The third-order valence-corrected chi connectivity index (χ3v) is 6.13. The Balaban J connectivity index is 2.24. The van der Waals surface area contributed by atoms with Crippen LogP contribution in [0.15, 0.2) is 47.4 Å². The van der Waals surface area contributed by atoms with Crippen LogP contribution in [0.25, 0.3) is 0 Å². The third-order valence-electron chi connectivity index (χ3n) is 4.38. The molecule has 0 aliphatic heterocycles. The van der Waals surface area contributed by atoms with E-state index in [-0.39, 0.29) is 16.8 Å². The number of hydrogen-bond acceptors (Lipinski definition) is 4. The van der Waals surface area contributed by atoms with Crippen LogP contribution >= 0.6 is 11.6 Å². The van der Waals surface area contributed by atoms with Crippen molar-refractivity contribution in [2.45, 2.75) is 17.9 Å². The third kappa shape index (κ3) is 5.07. The fraction of sp³-hybridized carbons (Fsp3) is 0.316. The quantitative estimate of drug-likeness (QED) is 0.736. The number of hydrogen-bond donors (Lipinski definition) is 2. The first-order chi connectivity index (χ1) is 12.7. The molecule has 0 fully saturated rings. The Labute approximate surface area is 165 Å². The summed E-state index contributed by atoms with van der Waals surface area (Å²) < 4.78 is 26.3. The van der Waals surface area contributed by atoms with Gasteiger partial charge < -0.3 is 10.2 Å². The van der Waals surface area contributed by atoms with Gasteiger partial charge >= 0.3 is 0 Å². The molecule has 0 saturated carbocycles. The molecule has 0 aliphatic rings. The summed E-state index contributed by atoms with van der Waals surface area (Å²) in [4.78, 5) is 14.7. The minimum atomic E-state index is -3.62. The van der Waals surface area contributed by atoms with Gasteiger partial charge in [-0.1, -0.05) is 35.9 Å². The van der Waals surface area contributed by atoms with Gasteiger partial charge in [-0.3, -0.25) is 4.79 Å². The highest BCUT2D eigenvalue weighted by Crippen LogP contribution is 2.25. The molecule has 0 aliphatic carbocycles. The average molecular weight is 410 g/mol. The van der Waals surface area contributed by atoms with Crippen molar-refractivity contribution >= 4 is 27.5 Å². The van der Waals surface area contributed by atoms with E-state index in [1.165, 1.54) is 19.2 Å². The van der Waals surface area contributed by atoms with Crippen LogP contribution < -0.4 is 10.0 Å². The number of likely N-dealkylation sites (N-methyl/N-ethyl adjacent to an activating group) is 1. The monoisotopic (exact) mass is 409 g/mol. The van der Waals surface area contributed by atoms with Gasteiger partial charge in [-0.2, -0.15) is 0 Å². The Hall–Kier alpha value is -1.93. The smallest absolute Gasteiger partial charge is 0.251 e. The van der Waals surface area contributed by atoms with Crippen LogP contribution in [0, 0.1) is 6.92 Å². The standard InChI is InChI=1S/C19H24ClN3O3S/c1-13-9-10-14(27(25,26)21-2)11-16(13)19(24)22-12-18(23(3)4)15-7-5-6-8-17(15)20/h5-11,18,21H,12H2,1-4H3,(H,22,24).